The third kappa shape index (κ3) is 4.20. The molecule has 1 N–H and O–H groups in total. The molecular weight excluding hydrogens is 489 g/mol. The van der Waals surface area contributed by atoms with E-state index in [1.165, 1.54) is 23.3 Å². The lowest BCUT2D eigenvalue weighted by atomic mass is 9.94. The Balaban J connectivity index is 1.20. The van der Waals surface area contributed by atoms with E-state index in [9.17, 15) is 14.0 Å². The lowest BCUT2D eigenvalue weighted by molar-refractivity contribution is 0.0776. The molecule has 7 rings (SSSR count). The Kier molecular flexibility index (Phi) is 5.76. The van der Waals surface area contributed by atoms with Crippen LogP contribution in [-0.2, 0) is 12.8 Å². The Bertz CT molecular complexity index is 1600. The maximum absolute atomic E-state index is 13.5. The van der Waals surface area contributed by atoms with Gasteiger partial charge in [0.05, 0.1) is 23.3 Å². The molecule has 0 radical (unpaired) electrons. The Labute approximate surface area is 226 Å². The van der Waals surface area contributed by atoms with Gasteiger partial charge in [-0.3, -0.25) is 14.6 Å². The predicted octanol–water partition coefficient (Wildman–Crippen LogP) is 6.19. The van der Waals surface area contributed by atoms with Crippen molar-refractivity contribution in [2.75, 3.05) is 6.54 Å². The number of carbonyl (C=O) groups is 2. The Hall–Kier alpha value is -4.32. The van der Waals surface area contributed by atoms with Crippen LogP contribution in [0.25, 0.3) is 11.1 Å². The smallest absolute Gasteiger partial charge is 0.256 e. The maximum atomic E-state index is 13.5. The predicted molar refractivity (Wildman–Crippen MR) is 147 cm³/mol. The zero-order valence-corrected chi connectivity index (χ0v) is 21.5. The van der Waals surface area contributed by atoms with Crippen molar-refractivity contribution in [3.05, 3.63) is 124 Å². The summed E-state index contributed by atoms with van der Waals surface area (Å²) in [5.74, 6) is -0.336. The van der Waals surface area contributed by atoms with Gasteiger partial charge in [0.15, 0.2) is 0 Å². The van der Waals surface area contributed by atoms with Gasteiger partial charge < -0.3 is 10.2 Å². The van der Waals surface area contributed by atoms with E-state index >= 15 is 0 Å². The number of carbonyl (C=O) groups excluding carboxylic acids is 2. The van der Waals surface area contributed by atoms with E-state index in [1.54, 1.807) is 12.1 Å². The summed E-state index contributed by atoms with van der Waals surface area (Å²) in [7, 11) is 0. The number of pyridine rings is 1. The first kappa shape index (κ1) is 23.8. The van der Waals surface area contributed by atoms with Gasteiger partial charge in [-0.05, 0) is 83.8 Å². The molecular formula is C33H28FN3O2. The molecule has 3 aromatic carbocycles. The van der Waals surface area contributed by atoms with Gasteiger partial charge in [-0.2, -0.15) is 0 Å². The number of nitrogens with one attached hydrogen (secondary N) is 1. The highest BCUT2D eigenvalue weighted by molar-refractivity contribution is 6.05. The summed E-state index contributed by atoms with van der Waals surface area (Å²) in [6, 6.07) is 24.3. The summed E-state index contributed by atoms with van der Waals surface area (Å²) in [4.78, 5) is 33.4. The molecule has 39 heavy (non-hydrogen) atoms. The van der Waals surface area contributed by atoms with Crippen molar-refractivity contribution < 1.29 is 14.0 Å². The van der Waals surface area contributed by atoms with Gasteiger partial charge >= 0.3 is 0 Å². The number of rotatable bonds is 5. The number of aromatic nitrogens is 1. The van der Waals surface area contributed by atoms with Crippen molar-refractivity contribution >= 4 is 11.8 Å². The molecule has 2 aliphatic heterocycles. The van der Waals surface area contributed by atoms with Crippen LogP contribution in [0.3, 0.4) is 0 Å². The Morgan fingerprint density at radius 1 is 1.00 bits per heavy atom. The highest BCUT2D eigenvalue weighted by Crippen LogP contribution is 2.44. The number of halogens is 1. The first-order valence-electron chi connectivity index (χ1n) is 13.6. The fraction of sp³-hybridized carbons (Fsp3) is 0.242. The average Bonchev–Trinajstić information content (AvgIpc) is 3.67. The minimum absolute atomic E-state index is 0.0127. The van der Waals surface area contributed by atoms with Crippen LogP contribution >= 0.6 is 0 Å². The van der Waals surface area contributed by atoms with Crippen LogP contribution in [0.5, 0.6) is 0 Å². The number of benzene rings is 3. The van der Waals surface area contributed by atoms with Crippen molar-refractivity contribution in [2.45, 2.75) is 44.2 Å². The lowest BCUT2D eigenvalue weighted by Gasteiger charge is -2.15. The molecule has 2 amide bonds. The van der Waals surface area contributed by atoms with Crippen LogP contribution in [-0.4, -0.2) is 28.2 Å². The van der Waals surface area contributed by atoms with Gasteiger partial charge in [0.25, 0.3) is 11.8 Å². The summed E-state index contributed by atoms with van der Waals surface area (Å²) in [5.41, 5.74) is 8.12. The molecule has 0 bridgehead atoms. The van der Waals surface area contributed by atoms with Crippen molar-refractivity contribution in [1.82, 2.24) is 15.2 Å². The summed E-state index contributed by atoms with van der Waals surface area (Å²) >= 11 is 0. The van der Waals surface area contributed by atoms with Crippen LogP contribution < -0.4 is 5.32 Å². The zero-order chi connectivity index (χ0) is 26.5. The molecule has 1 aromatic heterocycles. The molecule has 1 aliphatic carbocycles. The van der Waals surface area contributed by atoms with E-state index in [2.05, 4.69) is 17.4 Å². The van der Waals surface area contributed by atoms with Crippen LogP contribution in [0.15, 0.2) is 78.9 Å². The Morgan fingerprint density at radius 2 is 1.79 bits per heavy atom. The minimum atomic E-state index is -0.269. The summed E-state index contributed by atoms with van der Waals surface area (Å²) < 4.78 is 13.5. The highest BCUT2D eigenvalue weighted by atomic mass is 19.1. The monoisotopic (exact) mass is 517 g/mol. The summed E-state index contributed by atoms with van der Waals surface area (Å²) in [6.45, 7) is 0.746. The molecule has 1 fully saturated rings. The molecule has 5 nitrogen and oxygen atoms in total. The second-order valence-corrected chi connectivity index (χ2v) is 10.7. The number of hydrogen-bond acceptors (Lipinski definition) is 3. The quantitative estimate of drug-likeness (QED) is 0.344. The summed E-state index contributed by atoms with van der Waals surface area (Å²) in [5, 5.41) is 3.19. The van der Waals surface area contributed by atoms with Gasteiger partial charge in [0.2, 0.25) is 0 Å². The van der Waals surface area contributed by atoms with Crippen LogP contribution in [0.2, 0.25) is 0 Å². The van der Waals surface area contributed by atoms with E-state index in [-0.39, 0.29) is 29.7 Å². The molecule has 1 saturated heterocycles. The van der Waals surface area contributed by atoms with Gasteiger partial charge in [-0.25, -0.2) is 4.39 Å². The van der Waals surface area contributed by atoms with E-state index in [1.807, 2.05) is 47.4 Å². The minimum Gasteiger partial charge on any atom is -0.345 e. The normalized spacial score (nSPS) is 19.1. The molecule has 0 unspecified atom stereocenters. The van der Waals surface area contributed by atoms with E-state index in [4.69, 9.17) is 4.98 Å². The van der Waals surface area contributed by atoms with Crippen molar-refractivity contribution in [3.8, 4) is 11.1 Å². The largest absolute Gasteiger partial charge is 0.345 e. The fourth-order valence-electron chi connectivity index (χ4n) is 6.40. The van der Waals surface area contributed by atoms with Crippen LogP contribution in [0, 0.1) is 5.82 Å². The molecule has 3 aliphatic rings. The lowest BCUT2D eigenvalue weighted by Crippen LogP contribution is -2.27. The van der Waals surface area contributed by atoms with Gasteiger partial charge in [0, 0.05) is 24.2 Å². The number of nitrogens with zero attached hydrogens (tertiary/aromatic N) is 2. The van der Waals surface area contributed by atoms with Crippen molar-refractivity contribution in [3.63, 3.8) is 0 Å². The maximum Gasteiger partial charge on any atom is 0.256 e. The average molecular weight is 518 g/mol. The van der Waals surface area contributed by atoms with Crippen LogP contribution in [0.1, 0.15) is 80.1 Å². The molecule has 6 heteroatoms. The number of hydrogen-bond donors (Lipinski definition) is 1. The van der Waals surface area contributed by atoms with Gasteiger partial charge in [-0.1, -0.05) is 48.5 Å². The van der Waals surface area contributed by atoms with E-state index < -0.39 is 0 Å². The Morgan fingerprint density at radius 3 is 2.62 bits per heavy atom. The van der Waals surface area contributed by atoms with E-state index in [0.29, 0.717) is 17.5 Å². The summed E-state index contributed by atoms with van der Waals surface area (Å²) in [6.07, 6.45) is 4.31. The first-order valence-corrected chi connectivity index (χ1v) is 13.6. The molecule has 0 saturated carbocycles. The van der Waals surface area contributed by atoms with Crippen LogP contribution in [0.4, 0.5) is 4.39 Å². The molecule has 3 heterocycles. The number of fused-ring (bicyclic) bond motifs is 4. The van der Waals surface area contributed by atoms with E-state index in [0.717, 1.165) is 60.3 Å². The SMILES string of the molecule is O=C(N[C@@H]1CCc2ccccc21)c1ccc(-c2cc(Cc3ccc(F)cc3)nc3c2C(=O)N2CCC[C@@H]32)cc1. The molecule has 0 spiro atoms. The molecule has 4 aromatic rings. The molecule has 2 atom stereocenters. The standard InChI is InChI=1S/C33H28FN3O2/c34-24-14-7-20(8-15-24)18-25-19-27(30-31(35-25)29-6-3-17-37(29)33(30)39)22-9-11-23(12-10-22)32(38)36-28-16-13-21-4-1-2-5-26(21)28/h1-2,4-5,7-12,14-15,19,28-29H,3,6,13,16-18H2,(H,36,38)/t28-,29+/m1/s1. The van der Waals surface area contributed by atoms with Crippen molar-refractivity contribution in [1.29, 1.82) is 0 Å². The third-order valence-corrected chi connectivity index (χ3v) is 8.34. The third-order valence-electron chi connectivity index (χ3n) is 8.34. The number of amides is 2. The highest BCUT2D eigenvalue weighted by Gasteiger charge is 2.42. The fourth-order valence-corrected chi connectivity index (χ4v) is 6.40. The molecule has 194 valence electrons. The topological polar surface area (TPSA) is 62.3 Å². The second kappa shape index (κ2) is 9.45. The van der Waals surface area contributed by atoms with Gasteiger partial charge in [0.1, 0.15) is 5.82 Å². The second-order valence-electron chi connectivity index (χ2n) is 10.7. The first-order chi connectivity index (χ1) is 19.0. The number of aryl methyl sites for hydroxylation is 1. The zero-order valence-electron chi connectivity index (χ0n) is 21.5. The van der Waals surface area contributed by atoms with Gasteiger partial charge in [-0.15, -0.1) is 0 Å². The van der Waals surface area contributed by atoms with Crippen molar-refractivity contribution in [2.24, 2.45) is 0 Å².